The lowest BCUT2D eigenvalue weighted by Gasteiger charge is -2.06. The largest absolute Gasteiger partial charge is 0.472 e. The second-order valence-electron chi connectivity index (χ2n) is 2.98. The molecule has 1 radical (unpaired) electrons. The van der Waals surface area contributed by atoms with Gasteiger partial charge in [0, 0.05) is 5.02 Å². The summed E-state index contributed by atoms with van der Waals surface area (Å²) in [7, 11) is 0. The molecule has 0 spiro atoms. The first-order valence-electron chi connectivity index (χ1n) is 4.16. The number of halogens is 1. The van der Waals surface area contributed by atoms with Crippen molar-refractivity contribution >= 4 is 18.0 Å². The molecule has 1 aromatic carbocycles. The molecule has 1 aliphatic rings. The van der Waals surface area contributed by atoms with Gasteiger partial charge in [0.15, 0.2) is 0 Å². The average Bonchev–Trinajstić information content (AvgIpc) is 2.61. The van der Waals surface area contributed by atoms with Gasteiger partial charge in [-0.25, -0.2) is 4.99 Å². The highest BCUT2D eigenvalue weighted by molar-refractivity contribution is 6.31. The number of benzene rings is 1. The molecule has 3 heteroatoms. The van der Waals surface area contributed by atoms with Crippen LogP contribution in [0, 0.1) is 0 Å². The molecule has 1 aromatic rings. The Kier molecular flexibility index (Phi) is 2.50. The van der Waals surface area contributed by atoms with E-state index in [1.54, 1.807) is 0 Å². The van der Waals surface area contributed by atoms with Gasteiger partial charge >= 0.3 is 0 Å². The van der Waals surface area contributed by atoms with E-state index in [-0.39, 0.29) is 6.04 Å². The maximum absolute atomic E-state index is 6.00. The van der Waals surface area contributed by atoms with Crippen molar-refractivity contribution in [1.29, 1.82) is 0 Å². The summed E-state index contributed by atoms with van der Waals surface area (Å²) in [4.78, 5) is 4.04. The van der Waals surface area contributed by atoms with Crippen LogP contribution in [0.25, 0.3) is 0 Å². The molecule has 0 aliphatic carbocycles. The zero-order valence-electron chi connectivity index (χ0n) is 7.03. The van der Waals surface area contributed by atoms with Crippen molar-refractivity contribution in [3.8, 4) is 0 Å². The fourth-order valence-corrected chi connectivity index (χ4v) is 1.52. The smallest absolute Gasteiger partial charge is 0.273 e. The second-order valence-corrected chi connectivity index (χ2v) is 3.39. The zero-order valence-corrected chi connectivity index (χ0v) is 7.79. The minimum atomic E-state index is 0.180. The Labute approximate surface area is 82.2 Å². The van der Waals surface area contributed by atoms with Gasteiger partial charge in [0.05, 0.1) is 6.04 Å². The summed E-state index contributed by atoms with van der Waals surface area (Å²) < 4.78 is 4.91. The van der Waals surface area contributed by atoms with Crippen molar-refractivity contribution in [3.63, 3.8) is 0 Å². The second kappa shape index (κ2) is 3.79. The van der Waals surface area contributed by atoms with Crippen LogP contribution in [-0.4, -0.2) is 19.0 Å². The molecule has 1 aliphatic heterocycles. The first-order valence-corrected chi connectivity index (χ1v) is 4.54. The Morgan fingerprint density at radius 2 is 2.38 bits per heavy atom. The predicted molar refractivity (Wildman–Crippen MR) is 52.3 cm³/mol. The van der Waals surface area contributed by atoms with Crippen LogP contribution in [0.3, 0.4) is 0 Å². The Morgan fingerprint density at radius 3 is 3.08 bits per heavy atom. The summed E-state index contributed by atoms with van der Waals surface area (Å²) in [6.07, 6.45) is 3.32. The summed E-state index contributed by atoms with van der Waals surface area (Å²) >= 11 is 6.00. The third-order valence-corrected chi connectivity index (χ3v) is 2.36. The molecule has 0 aromatic heterocycles. The predicted octanol–water partition coefficient (Wildman–Crippen LogP) is 2.19. The Bertz CT molecular complexity index is 324. The van der Waals surface area contributed by atoms with E-state index in [0.29, 0.717) is 6.61 Å². The SMILES string of the molecule is Clc1ccccc1CC1CO[C]=N1. The van der Waals surface area contributed by atoms with Gasteiger partial charge in [-0.15, -0.1) is 0 Å². The van der Waals surface area contributed by atoms with Crippen LogP contribution in [0.4, 0.5) is 0 Å². The van der Waals surface area contributed by atoms with E-state index in [0.717, 1.165) is 17.0 Å². The normalized spacial score (nSPS) is 20.2. The molecular formula is C10H9ClNO. The van der Waals surface area contributed by atoms with Crippen molar-refractivity contribution in [2.24, 2.45) is 4.99 Å². The van der Waals surface area contributed by atoms with E-state index in [4.69, 9.17) is 16.3 Å². The van der Waals surface area contributed by atoms with Crippen LogP contribution in [-0.2, 0) is 11.2 Å². The van der Waals surface area contributed by atoms with Gasteiger partial charge < -0.3 is 4.74 Å². The van der Waals surface area contributed by atoms with Crippen molar-refractivity contribution in [2.45, 2.75) is 12.5 Å². The molecule has 0 saturated carbocycles. The minimum Gasteiger partial charge on any atom is -0.472 e. The standard InChI is InChI=1S/C10H9ClNO/c11-10-4-2-1-3-8(10)5-9-6-13-7-12-9/h1-4,9H,5-6H2. The number of hydrogen-bond acceptors (Lipinski definition) is 2. The Hall–Kier alpha value is -1.02. The van der Waals surface area contributed by atoms with Crippen molar-refractivity contribution in [2.75, 3.05) is 6.61 Å². The van der Waals surface area contributed by atoms with Crippen LogP contribution in [0.15, 0.2) is 29.3 Å². The van der Waals surface area contributed by atoms with Gasteiger partial charge in [0.2, 0.25) is 0 Å². The number of hydrogen-bond donors (Lipinski definition) is 0. The highest BCUT2D eigenvalue weighted by Crippen LogP contribution is 2.18. The summed E-state index contributed by atoms with van der Waals surface area (Å²) in [6, 6.07) is 7.98. The molecule has 2 rings (SSSR count). The molecular weight excluding hydrogens is 186 g/mol. The number of nitrogens with zero attached hydrogens (tertiary/aromatic N) is 1. The van der Waals surface area contributed by atoms with E-state index in [1.807, 2.05) is 24.3 Å². The maximum atomic E-state index is 6.00. The highest BCUT2D eigenvalue weighted by Gasteiger charge is 2.14. The molecule has 1 atom stereocenters. The lowest BCUT2D eigenvalue weighted by atomic mass is 10.1. The van der Waals surface area contributed by atoms with Crippen LogP contribution < -0.4 is 0 Å². The molecule has 2 nitrogen and oxygen atoms in total. The molecule has 0 amide bonds. The van der Waals surface area contributed by atoms with E-state index in [1.165, 1.54) is 0 Å². The van der Waals surface area contributed by atoms with Crippen molar-refractivity contribution in [3.05, 3.63) is 34.9 Å². The molecule has 1 unspecified atom stereocenters. The number of ether oxygens (including phenoxy) is 1. The Balaban J connectivity index is 2.09. The highest BCUT2D eigenvalue weighted by atomic mass is 35.5. The number of aliphatic imine (C=N–C) groups is 1. The molecule has 0 fully saturated rings. The van der Waals surface area contributed by atoms with E-state index in [9.17, 15) is 0 Å². The van der Waals surface area contributed by atoms with Crippen molar-refractivity contribution < 1.29 is 4.74 Å². The number of rotatable bonds is 2. The van der Waals surface area contributed by atoms with Gasteiger partial charge in [-0.3, -0.25) is 0 Å². The van der Waals surface area contributed by atoms with Crippen molar-refractivity contribution in [1.82, 2.24) is 0 Å². The summed E-state index contributed by atoms with van der Waals surface area (Å²) in [6.45, 7) is 0.616. The van der Waals surface area contributed by atoms with Crippen LogP contribution in [0.5, 0.6) is 0 Å². The molecule has 67 valence electrons. The van der Waals surface area contributed by atoms with E-state index in [2.05, 4.69) is 11.4 Å². The third kappa shape index (κ3) is 2.01. The van der Waals surface area contributed by atoms with Gasteiger partial charge in [-0.1, -0.05) is 29.8 Å². The zero-order chi connectivity index (χ0) is 9.10. The van der Waals surface area contributed by atoms with Gasteiger partial charge in [0.25, 0.3) is 6.40 Å². The lowest BCUT2D eigenvalue weighted by molar-refractivity contribution is 0.327. The molecule has 13 heavy (non-hydrogen) atoms. The topological polar surface area (TPSA) is 21.6 Å². The fraction of sp³-hybridized carbons (Fsp3) is 0.300. The third-order valence-electron chi connectivity index (χ3n) is 1.99. The Morgan fingerprint density at radius 1 is 1.54 bits per heavy atom. The summed E-state index contributed by atoms with van der Waals surface area (Å²) in [5.74, 6) is 0. The maximum Gasteiger partial charge on any atom is 0.273 e. The molecule has 1 heterocycles. The van der Waals surface area contributed by atoms with Gasteiger partial charge in [-0.2, -0.15) is 0 Å². The monoisotopic (exact) mass is 194 g/mol. The fourth-order valence-electron chi connectivity index (χ4n) is 1.30. The lowest BCUT2D eigenvalue weighted by Crippen LogP contribution is -2.10. The quantitative estimate of drug-likeness (QED) is 0.707. The van der Waals surface area contributed by atoms with E-state index >= 15 is 0 Å². The van der Waals surface area contributed by atoms with E-state index < -0.39 is 0 Å². The molecule has 0 saturated heterocycles. The molecule has 0 bridgehead atoms. The first kappa shape index (κ1) is 8.57. The summed E-state index contributed by atoms with van der Waals surface area (Å²) in [5, 5.41) is 0.796. The molecule has 0 N–H and O–H groups in total. The van der Waals surface area contributed by atoms with Crippen LogP contribution in [0.1, 0.15) is 5.56 Å². The van der Waals surface area contributed by atoms with Crippen LogP contribution >= 0.6 is 11.6 Å². The first-order chi connectivity index (χ1) is 6.36. The van der Waals surface area contributed by atoms with Crippen LogP contribution in [0.2, 0.25) is 5.02 Å². The average molecular weight is 195 g/mol. The van der Waals surface area contributed by atoms with Gasteiger partial charge in [-0.05, 0) is 18.1 Å². The minimum absolute atomic E-state index is 0.180. The summed E-state index contributed by atoms with van der Waals surface area (Å²) in [5.41, 5.74) is 1.12. The van der Waals surface area contributed by atoms with Gasteiger partial charge in [0.1, 0.15) is 6.61 Å².